The minimum atomic E-state index is 0.259. The van der Waals surface area contributed by atoms with Gasteiger partial charge in [-0.25, -0.2) is 0 Å². The first-order valence-corrected chi connectivity index (χ1v) is 11.4. The molecule has 164 valence electrons. The van der Waals surface area contributed by atoms with Gasteiger partial charge in [0.2, 0.25) is 0 Å². The van der Waals surface area contributed by atoms with E-state index in [-0.39, 0.29) is 5.75 Å². The second-order valence-corrected chi connectivity index (χ2v) is 8.29. The molecule has 5 aromatic carbocycles. The minimum Gasteiger partial charge on any atom is -0.507 e. The molecular weight excluding hydrogens is 414 g/mol. The summed E-state index contributed by atoms with van der Waals surface area (Å²) in [6.07, 6.45) is 1.76. The molecule has 0 aliphatic heterocycles. The van der Waals surface area contributed by atoms with Crippen LogP contribution in [-0.2, 0) is 0 Å². The Morgan fingerprint density at radius 2 is 1.06 bits per heavy atom. The number of hydrogen-bond donors (Lipinski definition) is 1. The molecule has 0 radical (unpaired) electrons. The second-order valence-electron chi connectivity index (χ2n) is 8.29. The van der Waals surface area contributed by atoms with Crippen LogP contribution in [0.5, 0.6) is 5.75 Å². The van der Waals surface area contributed by atoms with E-state index in [4.69, 9.17) is 4.99 Å². The largest absolute Gasteiger partial charge is 0.507 e. The first-order chi connectivity index (χ1) is 16.7. The summed E-state index contributed by atoms with van der Waals surface area (Å²) < 4.78 is 0. The summed E-state index contributed by atoms with van der Waals surface area (Å²) in [4.78, 5) is 4.98. The normalized spacial score (nSPS) is 11.1. The average Bonchev–Trinajstić information content (AvgIpc) is 2.90. The van der Waals surface area contributed by atoms with Crippen molar-refractivity contribution in [3.63, 3.8) is 0 Å². The Morgan fingerprint density at radius 3 is 1.59 bits per heavy atom. The van der Waals surface area contributed by atoms with Gasteiger partial charge >= 0.3 is 0 Å². The van der Waals surface area contributed by atoms with Gasteiger partial charge in [0.1, 0.15) is 5.75 Å². The molecule has 0 amide bonds. The highest BCUT2D eigenvalue weighted by molar-refractivity contribution is 5.96. The summed E-state index contributed by atoms with van der Waals surface area (Å²) in [5, 5.41) is 10.5. The van der Waals surface area contributed by atoms with Gasteiger partial charge in [-0.1, -0.05) is 103 Å². The van der Waals surface area contributed by atoms with E-state index in [9.17, 15) is 5.11 Å². The molecule has 0 unspecified atom stereocenters. The molecule has 0 aliphatic rings. The number of hydrogen-bond acceptors (Lipinski definition) is 2. The summed E-state index contributed by atoms with van der Waals surface area (Å²) in [6.45, 7) is 1.89. The molecule has 2 heteroatoms. The van der Waals surface area contributed by atoms with Gasteiger partial charge in [-0.15, -0.1) is 0 Å². The van der Waals surface area contributed by atoms with Crippen LogP contribution in [0.3, 0.4) is 0 Å². The Labute approximate surface area is 200 Å². The Bertz CT molecular complexity index is 1380. The Balaban J connectivity index is 1.79. The fourth-order valence-corrected chi connectivity index (χ4v) is 4.17. The summed E-state index contributed by atoms with van der Waals surface area (Å²) >= 11 is 0. The highest BCUT2D eigenvalue weighted by Gasteiger charge is 2.15. The van der Waals surface area contributed by atoms with Crippen molar-refractivity contribution in [2.75, 3.05) is 0 Å². The first kappa shape index (κ1) is 21.4. The van der Waals surface area contributed by atoms with Gasteiger partial charge < -0.3 is 5.11 Å². The van der Waals surface area contributed by atoms with Gasteiger partial charge in [0.05, 0.1) is 5.69 Å². The van der Waals surface area contributed by atoms with Gasteiger partial charge in [0.25, 0.3) is 0 Å². The van der Waals surface area contributed by atoms with E-state index in [2.05, 4.69) is 60.7 Å². The zero-order chi connectivity index (χ0) is 23.3. The van der Waals surface area contributed by atoms with Gasteiger partial charge in [-0.3, -0.25) is 4.99 Å². The summed E-state index contributed by atoms with van der Waals surface area (Å²) in [5.74, 6) is 0.259. The zero-order valence-corrected chi connectivity index (χ0v) is 19.0. The lowest BCUT2D eigenvalue weighted by atomic mass is 9.91. The van der Waals surface area contributed by atoms with Crippen LogP contribution in [0, 0.1) is 6.92 Å². The molecule has 5 rings (SSSR count). The maximum absolute atomic E-state index is 10.5. The van der Waals surface area contributed by atoms with Crippen LogP contribution in [0.4, 0.5) is 5.69 Å². The number of phenolic OH excluding ortho intramolecular Hbond substituents is 1. The summed E-state index contributed by atoms with van der Waals surface area (Å²) in [5.41, 5.74) is 8.97. The van der Waals surface area contributed by atoms with Crippen molar-refractivity contribution in [3.05, 3.63) is 132 Å². The summed E-state index contributed by atoms with van der Waals surface area (Å²) in [7, 11) is 0. The third kappa shape index (κ3) is 4.39. The number of rotatable bonds is 5. The molecule has 1 N–H and O–H groups in total. The van der Waals surface area contributed by atoms with E-state index >= 15 is 0 Å². The lowest BCUT2D eigenvalue weighted by Gasteiger charge is -2.16. The molecule has 0 saturated heterocycles. The number of para-hydroxylation sites is 1. The number of aryl methyl sites for hydroxylation is 1. The number of aliphatic imine (C=N–C) groups is 1. The van der Waals surface area contributed by atoms with Crippen LogP contribution in [0.1, 0.15) is 11.1 Å². The molecule has 0 bridgehead atoms. The molecule has 0 saturated carbocycles. The molecule has 0 aromatic heterocycles. The van der Waals surface area contributed by atoms with Crippen LogP contribution in [0.15, 0.2) is 126 Å². The molecular formula is C32H25NO. The number of nitrogens with zero attached hydrogens (tertiary/aromatic N) is 1. The molecule has 0 fully saturated rings. The maximum Gasteiger partial charge on any atom is 0.127 e. The van der Waals surface area contributed by atoms with Gasteiger partial charge in [-0.05, 0) is 52.9 Å². The molecule has 2 nitrogen and oxygen atoms in total. The van der Waals surface area contributed by atoms with Crippen molar-refractivity contribution in [2.24, 2.45) is 4.99 Å². The van der Waals surface area contributed by atoms with Crippen molar-refractivity contribution in [2.45, 2.75) is 6.92 Å². The van der Waals surface area contributed by atoms with Crippen molar-refractivity contribution in [1.29, 1.82) is 0 Å². The monoisotopic (exact) mass is 439 g/mol. The highest BCUT2D eigenvalue weighted by atomic mass is 16.3. The maximum atomic E-state index is 10.5. The fourth-order valence-electron chi connectivity index (χ4n) is 4.17. The molecule has 5 aromatic rings. The van der Waals surface area contributed by atoms with E-state index < -0.39 is 0 Å². The number of phenols is 1. The minimum absolute atomic E-state index is 0.259. The lowest BCUT2D eigenvalue weighted by molar-refractivity contribution is 0.470. The van der Waals surface area contributed by atoms with Crippen molar-refractivity contribution in [3.8, 4) is 39.1 Å². The van der Waals surface area contributed by atoms with Crippen molar-refractivity contribution in [1.82, 2.24) is 0 Å². The molecule has 34 heavy (non-hydrogen) atoms. The van der Waals surface area contributed by atoms with Crippen LogP contribution in [-0.4, -0.2) is 11.3 Å². The predicted molar refractivity (Wildman–Crippen MR) is 143 cm³/mol. The molecule has 0 spiro atoms. The standard InChI is InChI=1S/C32H25NO/c1-23-12-11-19-27(32(23)34)22-33-31-29(25-15-7-3-8-16-25)20-28(24-13-5-2-6-14-24)21-30(31)26-17-9-4-10-18-26/h2-22,34H,1H3. The van der Waals surface area contributed by atoms with Crippen LogP contribution >= 0.6 is 0 Å². The van der Waals surface area contributed by atoms with E-state index in [1.54, 1.807) is 6.21 Å². The Kier molecular flexibility index (Phi) is 6.05. The molecule has 0 atom stereocenters. The highest BCUT2D eigenvalue weighted by Crippen LogP contribution is 2.42. The van der Waals surface area contributed by atoms with Crippen molar-refractivity contribution < 1.29 is 5.11 Å². The van der Waals surface area contributed by atoms with Gasteiger partial charge in [0.15, 0.2) is 0 Å². The number of aromatic hydroxyl groups is 1. The SMILES string of the molecule is Cc1cccc(C=Nc2c(-c3ccccc3)cc(-c3ccccc3)cc2-c2ccccc2)c1O. The van der Waals surface area contributed by atoms with Crippen LogP contribution < -0.4 is 0 Å². The number of benzene rings is 5. The van der Waals surface area contributed by atoms with Crippen LogP contribution in [0.25, 0.3) is 33.4 Å². The Morgan fingerprint density at radius 1 is 0.559 bits per heavy atom. The lowest BCUT2D eigenvalue weighted by Crippen LogP contribution is -1.90. The van der Waals surface area contributed by atoms with E-state index in [0.29, 0.717) is 5.56 Å². The quantitative estimate of drug-likeness (QED) is 0.274. The van der Waals surface area contributed by atoms with Crippen LogP contribution in [0.2, 0.25) is 0 Å². The third-order valence-electron chi connectivity index (χ3n) is 5.99. The Hall–Kier alpha value is -4.43. The molecule has 0 heterocycles. The topological polar surface area (TPSA) is 32.6 Å². The fraction of sp³-hybridized carbons (Fsp3) is 0.0312. The predicted octanol–water partition coefficient (Wildman–Crippen LogP) is 8.45. The van der Waals surface area contributed by atoms with E-state index in [1.165, 1.54) is 0 Å². The molecule has 0 aliphatic carbocycles. The second kappa shape index (κ2) is 9.60. The first-order valence-electron chi connectivity index (χ1n) is 11.4. The van der Waals surface area contributed by atoms with E-state index in [0.717, 1.165) is 44.6 Å². The zero-order valence-electron chi connectivity index (χ0n) is 19.0. The van der Waals surface area contributed by atoms with Gasteiger partial charge in [0, 0.05) is 22.9 Å². The third-order valence-corrected chi connectivity index (χ3v) is 5.99. The van der Waals surface area contributed by atoms with E-state index in [1.807, 2.05) is 67.6 Å². The van der Waals surface area contributed by atoms with Gasteiger partial charge in [-0.2, -0.15) is 0 Å². The average molecular weight is 440 g/mol. The smallest absolute Gasteiger partial charge is 0.127 e. The van der Waals surface area contributed by atoms with Crippen molar-refractivity contribution >= 4 is 11.9 Å². The summed E-state index contributed by atoms with van der Waals surface area (Å²) in [6, 6.07) is 41.2.